The number of nitrogen functional groups attached to an aromatic ring is 1. The van der Waals surface area contributed by atoms with Crippen LogP contribution in [0, 0.1) is 0 Å². The maximum Gasteiger partial charge on any atom is 0.267 e. The van der Waals surface area contributed by atoms with Crippen LogP contribution in [0.1, 0.15) is 29.8 Å². The quantitative estimate of drug-likeness (QED) is 0.711. The number of aromatic nitrogens is 1. The van der Waals surface area contributed by atoms with E-state index in [0.29, 0.717) is 11.5 Å². The molecule has 0 aromatic carbocycles. The molecule has 0 unspecified atom stereocenters. The Morgan fingerprint density at radius 2 is 2.00 bits per heavy atom. The molecule has 6 nitrogen and oxygen atoms in total. The third-order valence-electron chi connectivity index (χ3n) is 2.80. The Balaban J connectivity index is 2.13. The number of nitrogens with two attached hydrogens (primary N) is 2. The maximum absolute atomic E-state index is 11.0. The number of piperidine rings is 1. The van der Waals surface area contributed by atoms with E-state index in [1.165, 1.54) is 12.5 Å². The summed E-state index contributed by atoms with van der Waals surface area (Å²) < 4.78 is 0. The number of hydrogen-bond acceptors (Lipinski definition) is 5. The van der Waals surface area contributed by atoms with E-state index in [4.69, 9.17) is 11.5 Å². The molecule has 1 amide bonds. The molecule has 0 spiro atoms. The first-order valence-corrected chi connectivity index (χ1v) is 5.75. The number of anilines is 2. The van der Waals surface area contributed by atoms with E-state index >= 15 is 0 Å². The molecule has 1 fully saturated rings. The highest BCUT2D eigenvalue weighted by Gasteiger charge is 2.13. The third kappa shape index (κ3) is 2.85. The summed E-state index contributed by atoms with van der Waals surface area (Å²) in [5, 5.41) is 2.06. The second kappa shape index (κ2) is 5.01. The first-order chi connectivity index (χ1) is 8.16. The van der Waals surface area contributed by atoms with E-state index in [9.17, 15) is 4.79 Å². The smallest absolute Gasteiger partial charge is 0.267 e. The average molecular weight is 235 g/mol. The van der Waals surface area contributed by atoms with Crippen LogP contribution in [0.15, 0.2) is 12.1 Å². The molecule has 0 atom stereocenters. The van der Waals surface area contributed by atoms with E-state index in [2.05, 4.69) is 15.4 Å². The zero-order chi connectivity index (χ0) is 12.3. The van der Waals surface area contributed by atoms with Crippen molar-refractivity contribution in [2.75, 3.05) is 24.2 Å². The van der Waals surface area contributed by atoms with Crippen molar-refractivity contribution >= 4 is 17.4 Å². The summed E-state index contributed by atoms with van der Waals surface area (Å²) in [6.07, 6.45) is 3.56. The molecular weight excluding hydrogens is 218 g/mol. The van der Waals surface area contributed by atoms with Gasteiger partial charge in [0.2, 0.25) is 0 Å². The molecule has 1 aliphatic rings. The van der Waals surface area contributed by atoms with Crippen molar-refractivity contribution in [1.29, 1.82) is 0 Å². The molecule has 1 aliphatic heterocycles. The molecule has 1 saturated heterocycles. The number of nitrogens with one attached hydrogen (secondary N) is 1. The molecule has 0 aliphatic carbocycles. The van der Waals surface area contributed by atoms with Gasteiger partial charge in [0.1, 0.15) is 5.69 Å². The Bertz CT molecular complexity index is 414. The van der Waals surface area contributed by atoms with E-state index in [1.54, 1.807) is 6.07 Å². The van der Waals surface area contributed by atoms with Gasteiger partial charge < -0.3 is 16.9 Å². The van der Waals surface area contributed by atoms with Crippen LogP contribution in [0.4, 0.5) is 11.5 Å². The van der Waals surface area contributed by atoms with E-state index in [-0.39, 0.29) is 5.69 Å². The molecular formula is C11H17N5O. The predicted molar refractivity (Wildman–Crippen MR) is 66.2 cm³/mol. The Labute approximate surface area is 100.0 Å². The second-order valence-electron chi connectivity index (χ2n) is 4.16. The molecule has 1 aromatic heterocycles. The number of hydrogen-bond donors (Lipinski definition) is 3. The summed E-state index contributed by atoms with van der Waals surface area (Å²) in [4.78, 5) is 15.1. The molecule has 6 heteroatoms. The lowest BCUT2D eigenvalue weighted by molar-refractivity contribution is 0.0995. The van der Waals surface area contributed by atoms with Crippen molar-refractivity contribution in [2.24, 2.45) is 5.73 Å². The van der Waals surface area contributed by atoms with Crippen LogP contribution >= 0.6 is 0 Å². The van der Waals surface area contributed by atoms with Crippen LogP contribution in [0.25, 0.3) is 0 Å². The largest absolute Gasteiger partial charge is 0.396 e. The molecule has 2 heterocycles. The predicted octanol–water partition coefficient (Wildman–Crippen LogP) is 0.575. The standard InChI is InChI=1S/C11H17N5O/c12-8-4-5-9(10(13)17)14-11(8)15-16-6-2-1-3-7-16/h4-5H,1-3,6-7,12H2,(H2,13,17)(H,14,15). The van der Waals surface area contributed by atoms with Crippen LogP contribution in [0.2, 0.25) is 0 Å². The Hall–Kier alpha value is -1.82. The summed E-state index contributed by atoms with van der Waals surface area (Å²) in [6.45, 7) is 1.92. The highest BCUT2D eigenvalue weighted by atomic mass is 16.1. The molecule has 92 valence electrons. The lowest BCUT2D eigenvalue weighted by atomic mass is 10.2. The van der Waals surface area contributed by atoms with Gasteiger partial charge in [-0.05, 0) is 25.0 Å². The van der Waals surface area contributed by atoms with Crippen molar-refractivity contribution in [3.63, 3.8) is 0 Å². The number of hydrazine groups is 1. The summed E-state index contributed by atoms with van der Waals surface area (Å²) in [5.74, 6) is -0.0464. The number of carbonyl (C=O) groups is 1. The Kier molecular flexibility index (Phi) is 3.43. The maximum atomic E-state index is 11.0. The molecule has 17 heavy (non-hydrogen) atoms. The number of primary amides is 1. The summed E-state index contributed by atoms with van der Waals surface area (Å²) in [6, 6.07) is 3.17. The Morgan fingerprint density at radius 3 is 2.65 bits per heavy atom. The minimum Gasteiger partial charge on any atom is -0.396 e. The number of amides is 1. The number of nitrogens with zero attached hydrogens (tertiary/aromatic N) is 2. The fourth-order valence-corrected chi connectivity index (χ4v) is 1.85. The van der Waals surface area contributed by atoms with Gasteiger partial charge in [-0.25, -0.2) is 9.99 Å². The zero-order valence-electron chi connectivity index (χ0n) is 9.65. The second-order valence-corrected chi connectivity index (χ2v) is 4.16. The molecule has 0 bridgehead atoms. The highest BCUT2D eigenvalue weighted by Crippen LogP contribution is 2.18. The van der Waals surface area contributed by atoms with Gasteiger partial charge in [-0.3, -0.25) is 4.79 Å². The minimum atomic E-state index is -0.549. The molecule has 1 aromatic rings. The van der Waals surface area contributed by atoms with Gasteiger partial charge in [-0.2, -0.15) is 0 Å². The van der Waals surface area contributed by atoms with Crippen molar-refractivity contribution < 1.29 is 4.79 Å². The summed E-state index contributed by atoms with van der Waals surface area (Å²) >= 11 is 0. The van der Waals surface area contributed by atoms with Crippen molar-refractivity contribution in [3.8, 4) is 0 Å². The first kappa shape index (κ1) is 11.7. The monoisotopic (exact) mass is 235 g/mol. The fourth-order valence-electron chi connectivity index (χ4n) is 1.85. The normalized spacial score (nSPS) is 16.7. The van der Waals surface area contributed by atoms with Crippen LogP contribution in [0.5, 0.6) is 0 Å². The lowest BCUT2D eigenvalue weighted by Crippen LogP contribution is -2.35. The number of rotatable bonds is 3. The SMILES string of the molecule is NC(=O)c1ccc(N)c(NN2CCCCC2)n1. The van der Waals surface area contributed by atoms with Gasteiger partial charge in [-0.1, -0.05) is 6.42 Å². The Morgan fingerprint density at radius 1 is 1.29 bits per heavy atom. The van der Waals surface area contributed by atoms with Gasteiger partial charge in [0.15, 0.2) is 5.82 Å². The highest BCUT2D eigenvalue weighted by molar-refractivity contribution is 5.91. The zero-order valence-corrected chi connectivity index (χ0v) is 9.65. The van der Waals surface area contributed by atoms with Gasteiger partial charge in [-0.15, -0.1) is 0 Å². The molecule has 2 rings (SSSR count). The van der Waals surface area contributed by atoms with Crippen LogP contribution in [-0.2, 0) is 0 Å². The molecule has 5 N–H and O–H groups in total. The van der Waals surface area contributed by atoms with Crippen molar-refractivity contribution in [1.82, 2.24) is 9.99 Å². The van der Waals surface area contributed by atoms with Gasteiger partial charge >= 0.3 is 0 Å². The lowest BCUT2D eigenvalue weighted by Gasteiger charge is -2.27. The molecule has 0 radical (unpaired) electrons. The van der Waals surface area contributed by atoms with Gasteiger partial charge in [0, 0.05) is 13.1 Å². The first-order valence-electron chi connectivity index (χ1n) is 5.75. The molecule has 0 saturated carbocycles. The topological polar surface area (TPSA) is 97.3 Å². The van der Waals surface area contributed by atoms with E-state index < -0.39 is 5.91 Å². The number of carbonyl (C=O) groups excluding carboxylic acids is 1. The third-order valence-corrected chi connectivity index (χ3v) is 2.80. The van der Waals surface area contributed by atoms with Crippen molar-refractivity contribution in [2.45, 2.75) is 19.3 Å². The summed E-state index contributed by atoms with van der Waals surface area (Å²) in [7, 11) is 0. The van der Waals surface area contributed by atoms with Gasteiger partial charge in [0.05, 0.1) is 5.69 Å². The van der Waals surface area contributed by atoms with Crippen molar-refractivity contribution in [3.05, 3.63) is 17.8 Å². The van der Waals surface area contributed by atoms with E-state index in [1.807, 2.05) is 0 Å². The van der Waals surface area contributed by atoms with Crippen LogP contribution < -0.4 is 16.9 Å². The van der Waals surface area contributed by atoms with E-state index in [0.717, 1.165) is 25.9 Å². The minimum absolute atomic E-state index is 0.221. The fraction of sp³-hybridized carbons (Fsp3) is 0.455. The average Bonchev–Trinajstić information content (AvgIpc) is 2.33. The van der Waals surface area contributed by atoms with Crippen LogP contribution in [0.3, 0.4) is 0 Å². The van der Waals surface area contributed by atoms with Crippen LogP contribution in [-0.4, -0.2) is 29.0 Å². The number of pyridine rings is 1. The summed E-state index contributed by atoms with van der Waals surface area (Å²) in [5.41, 5.74) is 14.9. The van der Waals surface area contributed by atoms with Gasteiger partial charge in [0.25, 0.3) is 5.91 Å².